The molecule has 1 atom stereocenters. The molecule has 1 aliphatic rings. The van der Waals surface area contributed by atoms with Crippen molar-refractivity contribution in [1.29, 1.82) is 0 Å². The van der Waals surface area contributed by atoms with Gasteiger partial charge >= 0.3 is 0 Å². The van der Waals surface area contributed by atoms with E-state index in [0.29, 0.717) is 6.42 Å². The molecule has 1 heterocycles. The van der Waals surface area contributed by atoms with Crippen molar-refractivity contribution in [3.8, 4) is 0 Å². The zero-order chi connectivity index (χ0) is 13.2. The Balaban J connectivity index is 1.91. The van der Waals surface area contributed by atoms with E-state index in [1.54, 1.807) is 0 Å². The molecule has 0 aliphatic carbocycles. The molecular formula is C14H29N3O. The first kappa shape index (κ1) is 15.4. The van der Waals surface area contributed by atoms with Gasteiger partial charge in [0, 0.05) is 19.0 Å². The number of piperidine rings is 1. The van der Waals surface area contributed by atoms with Crippen molar-refractivity contribution in [3.63, 3.8) is 0 Å². The zero-order valence-corrected chi connectivity index (χ0v) is 11.8. The van der Waals surface area contributed by atoms with Gasteiger partial charge in [-0.1, -0.05) is 6.42 Å². The Morgan fingerprint density at radius 1 is 1.28 bits per heavy atom. The molecule has 0 aromatic heterocycles. The molecule has 0 spiro atoms. The third-order valence-electron chi connectivity index (χ3n) is 3.49. The Morgan fingerprint density at radius 2 is 2.00 bits per heavy atom. The van der Waals surface area contributed by atoms with Crippen LogP contribution in [0.5, 0.6) is 0 Å². The highest BCUT2D eigenvalue weighted by atomic mass is 16.1. The van der Waals surface area contributed by atoms with Gasteiger partial charge in [0.1, 0.15) is 0 Å². The van der Waals surface area contributed by atoms with E-state index in [1.807, 2.05) is 6.92 Å². The summed E-state index contributed by atoms with van der Waals surface area (Å²) in [6, 6.07) is 0.205. The van der Waals surface area contributed by atoms with Gasteiger partial charge in [0.25, 0.3) is 0 Å². The quantitative estimate of drug-likeness (QED) is 0.646. The SMILES string of the molecule is CC(N)CCCC(=O)NCCCN1CCCCC1. The van der Waals surface area contributed by atoms with E-state index in [-0.39, 0.29) is 11.9 Å². The predicted molar refractivity (Wildman–Crippen MR) is 75.4 cm³/mol. The van der Waals surface area contributed by atoms with E-state index >= 15 is 0 Å². The summed E-state index contributed by atoms with van der Waals surface area (Å²) in [4.78, 5) is 14.0. The molecule has 1 aliphatic heterocycles. The second-order valence-corrected chi connectivity index (χ2v) is 5.48. The Labute approximate surface area is 111 Å². The molecular weight excluding hydrogens is 226 g/mol. The first-order valence-electron chi connectivity index (χ1n) is 7.43. The lowest BCUT2D eigenvalue weighted by Crippen LogP contribution is -2.33. The molecule has 3 N–H and O–H groups in total. The molecule has 4 heteroatoms. The van der Waals surface area contributed by atoms with Gasteiger partial charge in [0.2, 0.25) is 5.91 Å². The normalized spacial score (nSPS) is 18.6. The summed E-state index contributed by atoms with van der Waals surface area (Å²) in [7, 11) is 0. The van der Waals surface area contributed by atoms with E-state index in [1.165, 1.54) is 32.4 Å². The van der Waals surface area contributed by atoms with E-state index in [0.717, 1.165) is 32.4 Å². The molecule has 1 amide bonds. The van der Waals surface area contributed by atoms with Crippen LogP contribution >= 0.6 is 0 Å². The summed E-state index contributed by atoms with van der Waals surface area (Å²) < 4.78 is 0. The molecule has 18 heavy (non-hydrogen) atoms. The summed E-state index contributed by atoms with van der Waals surface area (Å²) in [5, 5.41) is 2.99. The number of hydrogen-bond acceptors (Lipinski definition) is 3. The van der Waals surface area contributed by atoms with Crippen LogP contribution in [0.15, 0.2) is 0 Å². The van der Waals surface area contributed by atoms with Gasteiger partial charge in [-0.15, -0.1) is 0 Å². The largest absolute Gasteiger partial charge is 0.356 e. The number of rotatable bonds is 8. The fourth-order valence-corrected chi connectivity index (χ4v) is 2.39. The maximum Gasteiger partial charge on any atom is 0.219 e. The predicted octanol–water partition coefficient (Wildman–Crippen LogP) is 1.50. The highest BCUT2D eigenvalue weighted by Gasteiger charge is 2.09. The van der Waals surface area contributed by atoms with Gasteiger partial charge in [-0.2, -0.15) is 0 Å². The van der Waals surface area contributed by atoms with Crippen LogP contribution in [-0.2, 0) is 4.79 Å². The lowest BCUT2D eigenvalue weighted by atomic mass is 10.1. The van der Waals surface area contributed by atoms with Crippen LogP contribution in [0.25, 0.3) is 0 Å². The van der Waals surface area contributed by atoms with E-state index < -0.39 is 0 Å². The van der Waals surface area contributed by atoms with Crippen molar-refractivity contribution in [1.82, 2.24) is 10.2 Å². The molecule has 1 fully saturated rings. The fraction of sp³-hybridized carbons (Fsp3) is 0.929. The van der Waals surface area contributed by atoms with Crippen LogP contribution in [-0.4, -0.2) is 43.0 Å². The zero-order valence-electron chi connectivity index (χ0n) is 11.8. The van der Waals surface area contributed by atoms with Gasteiger partial charge in [0.05, 0.1) is 0 Å². The lowest BCUT2D eigenvalue weighted by molar-refractivity contribution is -0.121. The number of carbonyl (C=O) groups excluding carboxylic acids is 1. The number of nitrogens with zero attached hydrogens (tertiary/aromatic N) is 1. The summed E-state index contributed by atoms with van der Waals surface area (Å²) in [5.41, 5.74) is 5.65. The smallest absolute Gasteiger partial charge is 0.219 e. The minimum absolute atomic E-state index is 0.175. The fourth-order valence-electron chi connectivity index (χ4n) is 2.39. The summed E-state index contributed by atoms with van der Waals surface area (Å²) in [6.45, 7) is 6.40. The molecule has 0 aromatic carbocycles. The number of amides is 1. The van der Waals surface area contributed by atoms with Crippen molar-refractivity contribution in [3.05, 3.63) is 0 Å². The number of carbonyl (C=O) groups is 1. The van der Waals surface area contributed by atoms with Crippen molar-refractivity contribution >= 4 is 5.91 Å². The van der Waals surface area contributed by atoms with Gasteiger partial charge < -0.3 is 16.0 Å². The van der Waals surface area contributed by atoms with Gasteiger partial charge in [-0.3, -0.25) is 4.79 Å². The average molecular weight is 255 g/mol. The van der Waals surface area contributed by atoms with Crippen LogP contribution in [0.1, 0.15) is 51.9 Å². The van der Waals surface area contributed by atoms with E-state index in [4.69, 9.17) is 5.73 Å². The van der Waals surface area contributed by atoms with E-state index in [9.17, 15) is 4.79 Å². The Bertz CT molecular complexity index is 225. The van der Waals surface area contributed by atoms with Crippen LogP contribution in [0.2, 0.25) is 0 Å². The molecule has 4 nitrogen and oxygen atoms in total. The maximum atomic E-state index is 11.5. The molecule has 1 rings (SSSR count). The molecule has 1 unspecified atom stereocenters. The molecule has 0 bridgehead atoms. The minimum atomic E-state index is 0.175. The second-order valence-electron chi connectivity index (χ2n) is 5.48. The van der Waals surface area contributed by atoms with Crippen LogP contribution in [0.3, 0.4) is 0 Å². The van der Waals surface area contributed by atoms with Crippen molar-refractivity contribution < 1.29 is 4.79 Å². The first-order chi connectivity index (χ1) is 8.68. The average Bonchev–Trinajstić information content (AvgIpc) is 2.35. The highest BCUT2D eigenvalue weighted by molar-refractivity contribution is 5.75. The first-order valence-corrected chi connectivity index (χ1v) is 7.43. The van der Waals surface area contributed by atoms with Gasteiger partial charge in [-0.25, -0.2) is 0 Å². The van der Waals surface area contributed by atoms with Crippen molar-refractivity contribution in [2.45, 2.75) is 57.9 Å². The number of hydrogen-bond donors (Lipinski definition) is 2. The summed E-state index contributed by atoms with van der Waals surface area (Å²) in [6.07, 6.45) is 7.57. The molecule has 0 saturated carbocycles. The summed E-state index contributed by atoms with van der Waals surface area (Å²) in [5.74, 6) is 0.175. The molecule has 106 valence electrons. The highest BCUT2D eigenvalue weighted by Crippen LogP contribution is 2.08. The van der Waals surface area contributed by atoms with Crippen LogP contribution in [0, 0.1) is 0 Å². The topological polar surface area (TPSA) is 58.4 Å². The van der Waals surface area contributed by atoms with Crippen LogP contribution in [0.4, 0.5) is 0 Å². The Kier molecular flexibility index (Phi) is 8.01. The lowest BCUT2D eigenvalue weighted by Gasteiger charge is -2.26. The molecule has 0 radical (unpaired) electrons. The van der Waals surface area contributed by atoms with Crippen LogP contribution < -0.4 is 11.1 Å². The second kappa shape index (κ2) is 9.34. The Morgan fingerprint density at radius 3 is 2.67 bits per heavy atom. The maximum absolute atomic E-state index is 11.5. The number of nitrogens with one attached hydrogen (secondary N) is 1. The molecule has 0 aromatic rings. The Hall–Kier alpha value is -0.610. The van der Waals surface area contributed by atoms with Gasteiger partial charge in [0.15, 0.2) is 0 Å². The molecule has 1 saturated heterocycles. The van der Waals surface area contributed by atoms with E-state index in [2.05, 4.69) is 10.2 Å². The van der Waals surface area contributed by atoms with Gasteiger partial charge in [-0.05, 0) is 58.7 Å². The number of likely N-dealkylation sites (tertiary alicyclic amines) is 1. The monoisotopic (exact) mass is 255 g/mol. The minimum Gasteiger partial charge on any atom is -0.356 e. The number of nitrogens with two attached hydrogens (primary N) is 1. The van der Waals surface area contributed by atoms with Crippen molar-refractivity contribution in [2.75, 3.05) is 26.2 Å². The van der Waals surface area contributed by atoms with Crippen molar-refractivity contribution in [2.24, 2.45) is 5.73 Å². The standard InChI is InChI=1S/C14H29N3O/c1-13(15)7-5-8-14(18)16-9-6-12-17-10-3-2-4-11-17/h13H,2-12,15H2,1H3,(H,16,18). The third kappa shape index (κ3) is 7.67. The summed E-state index contributed by atoms with van der Waals surface area (Å²) >= 11 is 0. The third-order valence-corrected chi connectivity index (χ3v) is 3.49.